The van der Waals surface area contributed by atoms with Crippen molar-refractivity contribution in [2.75, 3.05) is 33.3 Å². The lowest BCUT2D eigenvalue weighted by molar-refractivity contribution is -0.135. The highest BCUT2D eigenvalue weighted by molar-refractivity contribution is 6.33. The molecule has 2 heterocycles. The molecule has 0 N–H and O–H groups in total. The van der Waals surface area contributed by atoms with Gasteiger partial charge in [-0.2, -0.15) is 0 Å². The lowest BCUT2D eigenvalue weighted by atomic mass is 9.85. The highest BCUT2D eigenvalue weighted by atomic mass is 35.5. The van der Waals surface area contributed by atoms with Crippen LogP contribution in [-0.4, -0.2) is 54.9 Å². The van der Waals surface area contributed by atoms with Crippen molar-refractivity contribution in [3.05, 3.63) is 64.7 Å². The smallest absolute Gasteiger partial charge is 0.255 e. The van der Waals surface area contributed by atoms with Crippen LogP contribution in [0.2, 0.25) is 5.02 Å². The molecule has 4 rings (SSSR count). The zero-order chi connectivity index (χ0) is 20.4. The molecule has 1 spiro atoms. The number of hydrogen-bond donors (Lipinski definition) is 0. The molecule has 0 bridgehead atoms. The van der Waals surface area contributed by atoms with E-state index in [9.17, 15) is 9.59 Å². The molecule has 0 aliphatic carbocycles. The molecular formula is C23H25ClN2O3. The molecule has 1 unspecified atom stereocenters. The summed E-state index contributed by atoms with van der Waals surface area (Å²) in [6.45, 7) is 2.51. The van der Waals surface area contributed by atoms with Crippen molar-refractivity contribution in [2.24, 2.45) is 5.41 Å². The lowest BCUT2D eigenvalue weighted by Crippen LogP contribution is -2.39. The molecule has 29 heavy (non-hydrogen) atoms. The minimum absolute atomic E-state index is 0.138. The molecule has 2 saturated heterocycles. The summed E-state index contributed by atoms with van der Waals surface area (Å²) >= 11 is 6.25. The zero-order valence-corrected chi connectivity index (χ0v) is 17.3. The van der Waals surface area contributed by atoms with E-state index < -0.39 is 5.41 Å². The Morgan fingerprint density at radius 3 is 2.66 bits per heavy atom. The number of benzene rings is 2. The Morgan fingerprint density at radius 2 is 1.90 bits per heavy atom. The van der Waals surface area contributed by atoms with E-state index in [1.165, 1.54) is 5.56 Å². The molecule has 2 aliphatic rings. The molecule has 2 aliphatic heterocycles. The van der Waals surface area contributed by atoms with Crippen LogP contribution in [0, 0.1) is 5.41 Å². The Balaban J connectivity index is 1.42. The predicted molar refractivity (Wildman–Crippen MR) is 112 cm³/mol. The second-order valence-corrected chi connectivity index (χ2v) is 8.29. The van der Waals surface area contributed by atoms with E-state index in [4.69, 9.17) is 16.3 Å². The molecule has 2 fully saturated rings. The van der Waals surface area contributed by atoms with Crippen LogP contribution in [0.15, 0.2) is 48.5 Å². The molecule has 2 amide bonds. The van der Waals surface area contributed by atoms with E-state index in [1.54, 1.807) is 30.2 Å². The van der Waals surface area contributed by atoms with Crippen molar-refractivity contribution in [3.63, 3.8) is 0 Å². The molecule has 5 nitrogen and oxygen atoms in total. The third kappa shape index (κ3) is 3.84. The first-order chi connectivity index (χ1) is 14.0. The molecule has 152 valence electrons. The molecule has 2 aromatic rings. The maximum Gasteiger partial charge on any atom is 0.255 e. The first kappa shape index (κ1) is 19.8. The summed E-state index contributed by atoms with van der Waals surface area (Å²) in [5.74, 6) is 0.637. The van der Waals surface area contributed by atoms with Gasteiger partial charge >= 0.3 is 0 Å². The molecule has 6 heteroatoms. The minimum Gasteiger partial charge on any atom is -0.497 e. The fourth-order valence-electron chi connectivity index (χ4n) is 4.40. The van der Waals surface area contributed by atoms with Crippen molar-refractivity contribution in [3.8, 4) is 5.75 Å². The summed E-state index contributed by atoms with van der Waals surface area (Å²) in [7, 11) is 1.56. The molecule has 0 aromatic heterocycles. The summed E-state index contributed by atoms with van der Waals surface area (Å²) < 4.78 is 5.22. The van der Waals surface area contributed by atoms with Gasteiger partial charge in [0.25, 0.3) is 5.91 Å². The number of hydrogen-bond acceptors (Lipinski definition) is 3. The van der Waals surface area contributed by atoms with Gasteiger partial charge in [-0.3, -0.25) is 9.59 Å². The number of rotatable bonds is 5. The third-order valence-corrected chi connectivity index (χ3v) is 6.49. The predicted octanol–water partition coefficient (Wildman–Crippen LogP) is 3.66. The van der Waals surface area contributed by atoms with Gasteiger partial charge in [0.2, 0.25) is 5.91 Å². The van der Waals surface area contributed by atoms with Gasteiger partial charge in [-0.05, 0) is 43.0 Å². The maximum absolute atomic E-state index is 13.2. The number of nitrogens with zero attached hydrogens (tertiary/aromatic N) is 2. The standard InChI is InChI=1S/C23H25ClN2O3/c1-29-18-7-8-20(24)19(15-18)21(27)26-14-11-23(16-26)10-13-25(22(23)28)12-9-17-5-3-2-4-6-17/h2-8,15H,9-14,16H2,1H3. The Hall–Kier alpha value is -2.53. The second kappa shape index (κ2) is 8.07. The first-order valence-electron chi connectivity index (χ1n) is 9.98. The van der Waals surface area contributed by atoms with E-state index >= 15 is 0 Å². The quantitative estimate of drug-likeness (QED) is 0.753. The van der Waals surface area contributed by atoms with Crippen LogP contribution < -0.4 is 4.74 Å². The van der Waals surface area contributed by atoms with Gasteiger partial charge < -0.3 is 14.5 Å². The van der Waals surface area contributed by atoms with Crippen LogP contribution in [0.5, 0.6) is 5.75 Å². The highest BCUT2D eigenvalue weighted by Crippen LogP contribution is 2.41. The highest BCUT2D eigenvalue weighted by Gasteiger charge is 2.51. The maximum atomic E-state index is 13.2. The fraction of sp³-hybridized carbons (Fsp3) is 0.391. The first-order valence-corrected chi connectivity index (χ1v) is 10.4. The summed E-state index contributed by atoms with van der Waals surface area (Å²) in [4.78, 5) is 29.9. The SMILES string of the molecule is COc1ccc(Cl)c(C(=O)N2CCC3(CCN(CCc4ccccc4)C3=O)C2)c1. The largest absolute Gasteiger partial charge is 0.497 e. The van der Waals surface area contributed by atoms with E-state index in [0.29, 0.717) is 35.8 Å². The summed E-state index contributed by atoms with van der Waals surface area (Å²) in [6.07, 6.45) is 2.36. The Labute approximate surface area is 176 Å². The lowest BCUT2D eigenvalue weighted by Gasteiger charge is -2.24. The summed E-state index contributed by atoms with van der Waals surface area (Å²) in [5.41, 5.74) is 1.21. The van der Waals surface area contributed by atoms with Crippen molar-refractivity contribution in [2.45, 2.75) is 19.3 Å². The summed E-state index contributed by atoms with van der Waals surface area (Å²) in [5, 5.41) is 0.402. The van der Waals surface area contributed by atoms with Crippen molar-refractivity contribution in [1.82, 2.24) is 9.80 Å². The number of ether oxygens (including phenoxy) is 1. The van der Waals surface area contributed by atoms with Gasteiger partial charge in [0.05, 0.1) is 23.1 Å². The Morgan fingerprint density at radius 1 is 1.14 bits per heavy atom. The zero-order valence-electron chi connectivity index (χ0n) is 16.6. The van der Waals surface area contributed by atoms with E-state index in [2.05, 4.69) is 12.1 Å². The third-order valence-electron chi connectivity index (χ3n) is 6.16. The normalized spacial score (nSPS) is 21.2. The minimum atomic E-state index is -0.447. The number of amides is 2. The van der Waals surface area contributed by atoms with Crippen molar-refractivity contribution >= 4 is 23.4 Å². The van der Waals surface area contributed by atoms with Crippen molar-refractivity contribution < 1.29 is 14.3 Å². The number of methoxy groups -OCH3 is 1. The van der Waals surface area contributed by atoms with Crippen LogP contribution in [0.1, 0.15) is 28.8 Å². The number of likely N-dealkylation sites (tertiary alicyclic amines) is 2. The number of carbonyl (C=O) groups is 2. The van der Waals surface area contributed by atoms with Gasteiger partial charge in [-0.1, -0.05) is 41.9 Å². The van der Waals surface area contributed by atoms with Gasteiger partial charge in [-0.15, -0.1) is 0 Å². The molecular weight excluding hydrogens is 388 g/mol. The molecule has 0 saturated carbocycles. The van der Waals surface area contributed by atoms with Crippen LogP contribution in [0.4, 0.5) is 0 Å². The van der Waals surface area contributed by atoms with Crippen LogP contribution >= 0.6 is 11.6 Å². The number of halogens is 1. The van der Waals surface area contributed by atoms with Gasteiger partial charge in [-0.25, -0.2) is 0 Å². The molecule has 2 aromatic carbocycles. The van der Waals surface area contributed by atoms with Crippen LogP contribution in [-0.2, 0) is 11.2 Å². The molecule has 0 radical (unpaired) electrons. The monoisotopic (exact) mass is 412 g/mol. The van der Waals surface area contributed by atoms with Crippen LogP contribution in [0.3, 0.4) is 0 Å². The topological polar surface area (TPSA) is 49.9 Å². The van der Waals surface area contributed by atoms with Crippen LogP contribution in [0.25, 0.3) is 0 Å². The summed E-state index contributed by atoms with van der Waals surface area (Å²) in [6, 6.07) is 15.3. The Kier molecular flexibility index (Phi) is 5.50. The van der Waals surface area contributed by atoms with Crippen molar-refractivity contribution in [1.29, 1.82) is 0 Å². The second-order valence-electron chi connectivity index (χ2n) is 7.88. The van der Waals surface area contributed by atoms with Gasteiger partial charge in [0.1, 0.15) is 5.75 Å². The van der Waals surface area contributed by atoms with Gasteiger partial charge in [0, 0.05) is 26.2 Å². The fourth-order valence-corrected chi connectivity index (χ4v) is 4.60. The average molecular weight is 413 g/mol. The molecule has 1 atom stereocenters. The van der Waals surface area contributed by atoms with E-state index in [0.717, 1.165) is 25.9 Å². The Bertz CT molecular complexity index is 918. The van der Waals surface area contributed by atoms with Gasteiger partial charge in [0.15, 0.2) is 0 Å². The average Bonchev–Trinajstić information content (AvgIpc) is 3.32. The number of carbonyl (C=O) groups excluding carboxylic acids is 2. The van der Waals surface area contributed by atoms with E-state index in [-0.39, 0.29) is 11.8 Å². The van der Waals surface area contributed by atoms with E-state index in [1.807, 2.05) is 23.1 Å².